The SMILES string of the molecule is O=C(NN=Cc1ccc(F)cc1)c1cc(O)c(O)c(O)c1. The number of nitrogens with one attached hydrogen (secondary N) is 1. The number of phenolic OH excluding ortho intramolecular Hbond substituents is 3. The molecular formula is C14H11FN2O4. The van der Waals surface area contributed by atoms with Crippen molar-refractivity contribution < 1.29 is 24.5 Å². The summed E-state index contributed by atoms with van der Waals surface area (Å²) in [5.74, 6) is -3.03. The molecular weight excluding hydrogens is 279 g/mol. The Morgan fingerprint density at radius 2 is 1.67 bits per heavy atom. The van der Waals surface area contributed by atoms with Crippen LogP contribution in [0.15, 0.2) is 41.5 Å². The van der Waals surface area contributed by atoms with E-state index in [4.69, 9.17) is 5.11 Å². The molecule has 0 aliphatic rings. The fraction of sp³-hybridized carbons (Fsp3) is 0. The number of benzene rings is 2. The van der Waals surface area contributed by atoms with Crippen LogP contribution in [-0.4, -0.2) is 27.4 Å². The van der Waals surface area contributed by atoms with Gasteiger partial charge in [0.25, 0.3) is 5.91 Å². The van der Waals surface area contributed by atoms with Gasteiger partial charge in [-0.2, -0.15) is 5.10 Å². The molecule has 2 rings (SSSR count). The Morgan fingerprint density at radius 3 is 2.24 bits per heavy atom. The minimum absolute atomic E-state index is 0.0842. The highest BCUT2D eigenvalue weighted by Gasteiger charge is 2.12. The van der Waals surface area contributed by atoms with Crippen LogP contribution < -0.4 is 5.43 Å². The Balaban J connectivity index is 2.06. The lowest BCUT2D eigenvalue weighted by Gasteiger charge is -2.04. The largest absolute Gasteiger partial charge is 0.504 e. The summed E-state index contributed by atoms with van der Waals surface area (Å²) in [7, 11) is 0. The summed E-state index contributed by atoms with van der Waals surface area (Å²) >= 11 is 0. The number of carbonyl (C=O) groups is 1. The Morgan fingerprint density at radius 1 is 1.10 bits per heavy atom. The minimum atomic E-state index is -0.707. The predicted molar refractivity (Wildman–Crippen MR) is 72.9 cm³/mol. The molecule has 4 N–H and O–H groups in total. The third-order valence-corrected chi connectivity index (χ3v) is 2.58. The Bertz CT molecular complexity index is 676. The smallest absolute Gasteiger partial charge is 0.271 e. The Hall–Kier alpha value is -3.09. The van der Waals surface area contributed by atoms with Crippen LogP contribution in [0.2, 0.25) is 0 Å². The van der Waals surface area contributed by atoms with E-state index in [0.29, 0.717) is 5.56 Å². The molecule has 0 aliphatic heterocycles. The van der Waals surface area contributed by atoms with Gasteiger partial charge in [-0.3, -0.25) is 4.79 Å². The molecule has 0 saturated heterocycles. The van der Waals surface area contributed by atoms with Crippen molar-refractivity contribution in [2.45, 2.75) is 0 Å². The molecule has 6 nitrogen and oxygen atoms in total. The van der Waals surface area contributed by atoms with E-state index in [-0.39, 0.29) is 11.4 Å². The molecule has 108 valence electrons. The molecule has 0 aliphatic carbocycles. The molecule has 2 aromatic rings. The van der Waals surface area contributed by atoms with Gasteiger partial charge in [0.05, 0.1) is 6.21 Å². The van der Waals surface area contributed by atoms with Crippen LogP contribution in [0.1, 0.15) is 15.9 Å². The summed E-state index contributed by atoms with van der Waals surface area (Å²) in [5, 5.41) is 31.4. The number of amides is 1. The lowest BCUT2D eigenvalue weighted by molar-refractivity contribution is 0.0954. The van der Waals surface area contributed by atoms with Crippen LogP contribution in [0.4, 0.5) is 4.39 Å². The highest BCUT2D eigenvalue weighted by Crippen LogP contribution is 2.35. The molecule has 0 fully saturated rings. The topological polar surface area (TPSA) is 102 Å². The number of halogens is 1. The van der Waals surface area contributed by atoms with Crippen LogP contribution in [-0.2, 0) is 0 Å². The zero-order valence-electron chi connectivity index (χ0n) is 10.6. The summed E-state index contributed by atoms with van der Waals surface area (Å²) in [6.07, 6.45) is 1.30. The van der Waals surface area contributed by atoms with Crippen LogP contribution in [0, 0.1) is 5.82 Å². The maximum Gasteiger partial charge on any atom is 0.271 e. The van der Waals surface area contributed by atoms with Crippen molar-refractivity contribution in [2.75, 3.05) is 0 Å². The lowest BCUT2D eigenvalue weighted by atomic mass is 10.2. The van der Waals surface area contributed by atoms with Crippen molar-refractivity contribution in [3.8, 4) is 17.2 Å². The van der Waals surface area contributed by atoms with Crippen molar-refractivity contribution in [1.82, 2.24) is 5.43 Å². The molecule has 21 heavy (non-hydrogen) atoms. The van der Waals surface area contributed by atoms with Gasteiger partial charge < -0.3 is 15.3 Å². The zero-order valence-corrected chi connectivity index (χ0v) is 10.6. The van der Waals surface area contributed by atoms with Crippen molar-refractivity contribution in [3.05, 3.63) is 53.3 Å². The van der Waals surface area contributed by atoms with Gasteiger partial charge in [0, 0.05) is 5.56 Å². The van der Waals surface area contributed by atoms with Crippen molar-refractivity contribution >= 4 is 12.1 Å². The standard InChI is InChI=1S/C14H11FN2O4/c15-10-3-1-8(2-4-10)7-16-17-14(21)9-5-11(18)13(20)12(19)6-9/h1-7,18-20H,(H,17,21). The van der Waals surface area contributed by atoms with Crippen LogP contribution in [0.3, 0.4) is 0 Å². The molecule has 0 radical (unpaired) electrons. The van der Waals surface area contributed by atoms with Crippen molar-refractivity contribution in [2.24, 2.45) is 5.10 Å². The molecule has 0 atom stereocenters. The summed E-state index contributed by atoms with van der Waals surface area (Å²) in [6, 6.07) is 7.42. The lowest BCUT2D eigenvalue weighted by Crippen LogP contribution is -2.17. The maximum absolute atomic E-state index is 12.7. The molecule has 7 heteroatoms. The fourth-order valence-corrected chi connectivity index (χ4v) is 1.51. The van der Waals surface area contributed by atoms with Crippen molar-refractivity contribution in [1.29, 1.82) is 0 Å². The summed E-state index contributed by atoms with van der Waals surface area (Å²) < 4.78 is 12.7. The number of aromatic hydroxyl groups is 3. The number of carbonyl (C=O) groups excluding carboxylic acids is 1. The quantitative estimate of drug-likeness (QED) is 0.392. The monoisotopic (exact) mass is 290 g/mol. The second-order valence-electron chi connectivity index (χ2n) is 4.11. The van der Waals surface area contributed by atoms with Gasteiger partial charge in [0.15, 0.2) is 17.2 Å². The highest BCUT2D eigenvalue weighted by molar-refractivity contribution is 5.96. The van der Waals surface area contributed by atoms with Gasteiger partial charge in [-0.15, -0.1) is 0 Å². The number of nitrogens with zero attached hydrogens (tertiary/aromatic N) is 1. The van der Waals surface area contributed by atoms with Crippen molar-refractivity contribution in [3.63, 3.8) is 0 Å². The van der Waals surface area contributed by atoms with Crippen LogP contribution >= 0.6 is 0 Å². The van der Waals surface area contributed by atoms with Gasteiger partial charge in [0.1, 0.15) is 5.82 Å². The van der Waals surface area contributed by atoms with Crippen LogP contribution in [0.5, 0.6) is 17.2 Å². The number of hydrazone groups is 1. The zero-order chi connectivity index (χ0) is 15.4. The van der Waals surface area contributed by atoms with Gasteiger partial charge in [-0.05, 0) is 29.8 Å². The van der Waals surface area contributed by atoms with E-state index in [1.807, 2.05) is 0 Å². The molecule has 2 aromatic carbocycles. The number of hydrogen-bond donors (Lipinski definition) is 4. The average molecular weight is 290 g/mol. The molecule has 0 aromatic heterocycles. The first kappa shape index (κ1) is 14.3. The van der Waals surface area contributed by atoms with Gasteiger partial charge >= 0.3 is 0 Å². The summed E-state index contributed by atoms with van der Waals surface area (Å²) in [6.45, 7) is 0. The van der Waals surface area contributed by atoms with E-state index < -0.39 is 23.2 Å². The average Bonchev–Trinajstić information content (AvgIpc) is 2.46. The summed E-state index contributed by atoms with van der Waals surface area (Å²) in [5.41, 5.74) is 2.66. The molecule has 0 heterocycles. The molecule has 0 unspecified atom stereocenters. The van der Waals surface area contributed by atoms with E-state index in [2.05, 4.69) is 10.5 Å². The van der Waals surface area contributed by atoms with Gasteiger partial charge in [-0.25, -0.2) is 9.82 Å². The number of phenols is 3. The van der Waals surface area contributed by atoms with E-state index >= 15 is 0 Å². The number of hydrogen-bond acceptors (Lipinski definition) is 5. The van der Waals surface area contributed by atoms with Crippen LogP contribution in [0.25, 0.3) is 0 Å². The third-order valence-electron chi connectivity index (χ3n) is 2.58. The molecule has 1 amide bonds. The second kappa shape index (κ2) is 5.91. The molecule has 0 bridgehead atoms. The Kier molecular flexibility index (Phi) is 4.03. The van der Waals surface area contributed by atoms with E-state index in [1.165, 1.54) is 30.5 Å². The first-order valence-corrected chi connectivity index (χ1v) is 5.81. The van der Waals surface area contributed by atoms with E-state index in [1.54, 1.807) is 0 Å². The first-order valence-electron chi connectivity index (χ1n) is 5.81. The summed E-state index contributed by atoms with van der Waals surface area (Å²) in [4.78, 5) is 11.7. The third kappa shape index (κ3) is 3.47. The van der Waals surface area contributed by atoms with Gasteiger partial charge in [0.2, 0.25) is 0 Å². The number of rotatable bonds is 3. The van der Waals surface area contributed by atoms with E-state index in [9.17, 15) is 19.4 Å². The molecule has 0 saturated carbocycles. The Labute approximate surface area is 118 Å². The van der Waals surface area contributed by atoms with Gasteiger partial charge in [-0.1, -0.05) is 12.1 Å². The predicted octanol–water partition coefficient (Wildman–Crippen LogP) is 1.71. The first-order chi connectivity index (χ1) is 9.97. The van der Waals surface area contributed by atoms with E-state index in [0.717, 1.165) is 12.1 Å². The normalized spacial score (nSPS) is 10.7. The minimum Gasteiger partial charge on any atom is -0.504 e. The highest BCUT2D eigenvalue weighted by atomic mass is 19.1. The second-order valence-corrected chi connectivity index (χ2v) is 4.11. The maximum atomic E-state index is 12.7. The molecule has 0 spiro atoms. The fourth-order valence-electron chi connectivity index (χ4n) is 1.51.